The lowest BCUT2D eigenvalue weighted by molar-refractivity contribution is 0.630. The number of hydrogen-bond acceptors (Lipinski definition) is 3. The van der Waals surface area contributed by atoms with Crippen molar-refractivity contribution in [2.45, 2.75) is 6.54 Å². The van der Waals surface area contributed by atoms with Gasteiger partial charge >= 0.3 is 0 Å². The molecule has 0 bridgehead atoms. The normalized spacial score (nSPS) is 10.6. The van der Waals surface area contributed by atoms with Gasteiger partial charge in [0, 0.05) is 16.0 Å². The number of thiazole rings is 1. The molecule has 21 heavy (non-hydrogen) atoms. The van der Waals surface area contributed by atoms with Gasteiger partial charge in [-0.2, -0.15) is 0 Å². The Morgan fingerprint density at radius 1 is 1.14 bits per heavy atom. The summed E-state index contributed by atoms with van der Waals surface area (Å²) in [5, 5.41) is 6.33. The van der Waals surface area contributed by atoms with E-state index in [-0.39, 0.29) is 5.82 Å². The number of halogens is 2. The van der Waals surface area contributed by atoms with Crippen LogP contribution in [0.5, 0.6) is 0 Å². The largest absolute Gasteiger partial charge is 0.376 e. The number of nitrogens with one attached hydrogen (secondary N) is 1. The van der Waals surface area contributed by atoms with Crippen molar-refractivity contribution in [3.05, 3.63) is 69.8 Å². The molecular weight excluding hydrogens is 307 g/mol. The Bertz CT molecular complexity index is 743. The molecule has 0 atom stereocenters. The van der Waals surface area contributed by atoms with Gasteiger partial charge in [0.25, 0.3) is 0 Å². The van der Waals surface area contributed by atoms with Crippen LogP contribution in [0.25, 0.3) is 11.3 Å². The monoisotopic (exact) mass is 318 g/mol. The summed E-state index contributed by atoms with van der Waals surface area (Å²) in [5.74, 6) is -0.359. The van der Waals surface area contributed by atoms with Crippen LogP contribution in [0, 0.1) is 5.82 Å². The quantitative estimate of drug-likeness (QED) is 0.714. The van der Waals surface area contributed by atoms with Gasteiger partial charge in [-0.3, -0.25) is 0 Å². The molecule has 3 rings (SSSR count). The van der Waals surface area contributed by atoms with Gasteiger partial charge in [-0.25, -0.2) is 9.37 Å². The average Bonchev–Trinajstić information content (AvgIpc) is 2.96. The van der Waals surface area contributed by atoms with Crippen molar-refractivity contribution in [3.8, 4) is 11.3 Å². The van der Waals surface area contributed by atoms with Gasteiger partial charge in [0.1, 0.15) is 10.8 Å². The first-order chi connectivity index (χ1) is 10.2. The first-order valence-electron chi connectivity index (χ1n) is 6.41. The van der Waals surface area contributed by atoms with Crippen LogP contribution in [0.3, 0.4) is 0 Å². The minimum Gasteiger partial charge on any atom is -0.376 e. The molecule has 2 nitrogen and oxygen atoms in total. The molecule has 0 aliphatic heterocycles. The number of nitrogens with zero attached hydrogens (tertiary/aromatic N) is 1. The molecule has 2 aromatic carbocycles. The molecular formula is C16H12ClFN2S. The standard InChI is InChI=1S/C16H12ClFN2S/c17-12-6-7-14(13(18)8-12)19-9-16-20-15(10-21-16)11-4-2-1-3-5-11/h1-8,10,19H,9H2. The highest BCUT2D eigenvalue weighted by atomic mass is 35.5. The topological polar surface area (TPSA) is 24.9 Å². The summed E-state index contributed by atoms with van der Waals surface area (Å²) in [5.41, 5.74) is 2.45. The fraction of sp³-hybridized carbons (Fsp3) is 0.0625. The van der Waals surface area contributed by atoms with E-state index in [9.17, 15) is 4.39 Å². The molecule has 0 saturated carbocycles. The van der Waals surface area contributed by atoms with Crippen molar-refractivity contribution in [2.75, 3.05) is 5.32 Å². The molecule has 0 saturated heterocycles. The molecule has 0 fully saturated rings. The van der Waals surface area contributed by atoms with Crippen molar-refractivity contribution in [2.24, 2.45) is 0 Å². The zero-order valence-electron chi connectivity index (χ0n) is 11.0. The van der Waals surface area contributed by atoms with E-state index in [0.717, 1.165) is 16.3 Å². The van der Waals surface area contributed by atoms with E-state index in [1.165, 1.54) is 6.07 Å². The Labute approximate surface area is 131 Å². The molecule has 0 aliphatic carbocycles. The summed E-state index contributed by atoms with van der Waals surface area (Å²) in [6.07, 6.45) is 0. The SMILES string of the molecule is Fc1cc(Cl)ccc1NCc1nc(-c2ccccc2)cs1. The summed E-state index contributed by atoms with van der Waals surface area (Å²) < 4.78 is 13.7. The van der Waals surface area contributed by atoms with Gasteiger partial charge in [-0.05, 0) is 18.2 Å². The maximum Gasteiger partial charge on any atom is 0.147 e. The van der Waals surface area contributed by atoms with Crippen LogP contribution in [0.1, 0.15) is 5.01 Å². The first kappa shape index (κ1) is 14.0. The van der Waals surface area contributed by atoms with Gasteiger partial charge in [0.15, 0.2) is 0 Å². The van der Waals surface area contributed by atoms with Crippen molar-refractivity contribution >= 4 is 28.6 Å². The van der Waals surface area contributed by atoms with Crippen LogP contribution < -0.4 is 5.32 Å². The van der Waals surface area contributed by atoms with Crippen molar-refractivity contribution < 1.29 is 4.39 Å². The Morgan fingerprint density at radius 3 is 2.71 bits per heavy atom. The number of hydrogen-bond donors (Lipinski definition) is 1. The van der Waals surface area contributed by atoms with E-state index in [2.05, 4.69) is 10.3 Å². The molecule has 1 aromatic heterocycles. The van der Waals surface area contributed by atoms with Crippen LogP contribution in [0.2, 0.25) is 5.02 Å². The molecule has 106 valence electrons. The lowest BCUT2D eigenvalue weighted by Gasteiger charge is -2.05. The Balaban J connectivity index is 1.70. The number of rotatable bonds is 4. The molecule has 1 N–H and O–H groups in total. The van der Waals surface area contributed by atoms with Crippen LogP contribution in [0.4, 0.5) is 10.1 Å². The third-order valence-corrected chi connectivity index (χ3v) is 4.07. The lowest BCUT2D eigenvalue weighted by atomic mass is 10.2. The number of aromatic nitrogens is 1. The third-order valence-electron chi connectivity index (χ3n) is 2.98. The Kier molecular flexibility index (Phi) is 4.18. The fourth-order valence-electron chi connectivity index (χ4n) is 1.94. The Hall–Kier alpha value is -1.91. The maximum atomic E-state index is 13.7. The van der Waals surface area contributed by atoms with E-state index in [1.54, 1.807) is 23.5 Å². The minimum absolute atomic E-state index is 0.359. The summed E-state index contributed by atoms with van der Waals surface area (Å²) in [6.45, 7) is 0.482. The van der Waals surface area contributed by atoms with Crippen LogP contribution in [-0.4, -0.2) is 4.98 Å². The van der Waals surface area contributed by atoms with E-state index >= 15 is 0 Å². The summed E-state index contributed by atoms with van der Waals surface area (Å²) >= 11 is 7.28. The van der Waals surface area contributed by atoms with Gasteiger partial charge in [-0.15, -0.1) is 11.3 Å². The molecule has 0 spiro atoms. The van der Waals surface area contributed by atoms with Gasteiger partial charge in [0.2, 0.25) is 0 Å². The number of anilines is 1. The highest BCUT2D eigenvalue weighted by molar-refractivity contribution is 7.09. The van der Waals surface area contributed by atoms with Crippen LogP contribution >= 0.6 is 22.9 Å². The minimum atomic E-state index is -0.359. The molecule has 0 aliphatic rings. The molecule has 5 heteroatoms. The predicted molar refractivity (Wildman–Crippen MR) is 86.3 cm³/mol. The molecule has 0 unspecified atom stereocenters. The summed E-state index contributed by atoms with van der Waals surface area (Å²) in [7, 11) is 0. The van der Waals surface area contributed by atoms with E-state index < -0.39 is 0 Å². The van der Waals surface area contributed by atoms with E-state index in [1.807, 2.05) is 35.7 Å². The smallest absolute Gasteiger partial charge is 0.147 e. The third kappa shape index (κ3) is 3.40. The highest BCUT2D eigenvalue weighted by Gasteiger charge is 2.06. The average molecular weight is 319 g/mol. The van der Waals surface area contributed by atoms with Gasteiger partial charge < -0.3 is 5.32 Å². The molecule has 0 radical (unpaired) electrons. The van der Waals surface area contributed by atoms with Gasteiger partial charge in [-0.1, -0.05) is 41.9 Å². The first-order valence-corrected chi connectivity index (χ1v) is 7.67. The van der Waals surface area contributed by atoms with Crippen LogP contribution in [-0.2, 0) is 6.54 Å². The predicted octanol–water partition coefficient (Wildman–Crippen LogP) is 5.21. The van der Waals surface area contributed by atoms with Crippen molar-refractivity contribution in [1.29, 1.82) is 0 Å². The Morgan fingerprint density at radius 2 is 1.95 bits per heavy atom. The maximum absolute atomic E-state index is 13.7. The zero-order chi connectivity index (χ0) is 14.7. The second kappa shape index (κ2) is 6.24. The fourth-order valence-corrected chi connectivity index (χ4v) is 2.84. The van der Waals surface area contributed by atoms with E-state index in [0.29, 0.717) is 17.3 Å². The highest BCUT2D eigenvalue weighted by Crippen LogP contribution is 2.23. The van der Waals surface area contributed by atoms with Gasteiger partial charge in [0.05, 0.1) is 17.9 Å². The molecule has 3 aromatic rings. The number of benzene rings is 2. The summed E-state index contributed by atoms with van der Waals surface area (Å²) in [4.78, 5) is 4.55. The second-order valence-corrected chi connectivity index (χ2v) is 5.85. The van der Waals surface area contributed by atoms with Crippen molar-refractivity contribution in [1.82, 2.24) is 4.98 Å². The zero-order valence-corrected chi connectivity index (χ0v) is 12.6. The second-order valence-electron chi connectivity index (χ2n) is 4.47. The van der Waals surface area contributed by atoms with Crippen molar-refractivity contribution in [3.63, 3.8) is 0 Å². The van der Waals surface area contributed by atoms with Crippen LogP contribution in [0.15, 0.2) is 53.9 Å². The van der Waals surface area contributed by atoms with E-state index in [4.69, 9.17) is 11.6 Å². The molecule has 0 amide bonds. The summed E-state index contributed by atoms with van der Waals surface area (Å²) in [6, 6.07) is 14.6. The lowest BCUT2D eigenvalue weighted by Crippen LogP contribution is -2.01. The molecule has 1 heterocycles.